The maximum Gasteiger partial charge on any atom is 0.274 e. The van der Waals surface area contributed by atoms with Crippen LogP contribution in [-0.2, 0) is 13.0 Å². The average molecular weight is 470 g/mol. The first-order chi connectivity index (χ1) is 16.2. The predicted octanol–water partition coefficient (Wildman–Crippen LogP) is 4.88. The molecule has 0 radical (unpaired) electrons. The molecule has 0 saturated carbocycles. The second kappa shape index (κ2) is 10.6. The molecular weight excluding hydrogens is 440 g/mol. The van der Waals surface area contributed by atoms with Gasteiger partial charge in [0.15, 0.2) is 0 Å². The van der Waals surface area contributed by atoms with Crippen LogP contribution < -0.4 is 10.3 Å². The molecule has 6 nitrogen and oxygen atoms in total. The second-order valence-corrected chi connectivity index (χ2v) is 8.11. The monoisotopic (exact) mass is 469 g/mol. The molecule has 0 aliphatic rings. The van der Waals surface area contributed by atoms with Crippen molar-refractivity contribution >= 4 is 5.91 Å². The molecule has 0 N–H and O–H groups in total. The minimum absolute atomic E-state index is 0.131. The summed E-state index contributed by atoms with van der Waals surface area (Å²) in [6.07, 6.45) is 2.52. The van der Waals surface area contributed by atoms with E-state index in [9.17, 15) is 18.4 Å². The number of aryl methyl sites for hydroxylation is 1. The highest BCUT2D eigenvalue weighted by Gasteiger charge is 2.29. The van der Waals surface area contributed by atoms with Crippen molar-refractivity contribution in [1.82, 2.24) is 14.5 Å². The van der Waals surface area contributed by atoms with Crippen molar-refractivity contribution in [2.75, 3.05) is 13.2 Å². The number of carbonyl (C=O) groups is 1. The van der Waals surface area contributed by atoms with Gasteiger partial charge in [-0.1, -0.05) is 25.1 Å². The van der Waals surface area contributed by atoms with Gasteiger partial charge in [-0.05, 0) is 43.2 Å². The standard InChI is InChI=1S/C26H29F2N3O3/c1-5-26(27,28)20-12-13-23(29-15-20)34-17-18(3)31(6-2)25(33)22-10-8-7-9-21(22)19-11-14-24(32)30(4)16-19/h7-16,18H,5-6,17H2,1-4H3/t18-/m0/s1. The summed E-state index contributed by atoms with van der Waals surface area (Å²) in [5, 5.41) is 0. The number of rotatable bonds is 9. The van der Waals surface area contributed by atoms with E-state index < -0.39 is 5.92 Å². The van der Waals surface area contributed by atoms with Gasteiger partial charge in [0.1, 0.15) is 6.61 Å². The molecule has 0 unspecified atom stereocenters. The van der Waals surface area contributed by atoms with Crippen molar-refractivity contribution in [3.8, 4) is 17.0 Å². The number of aromatic nitrogens is 2. The Hall–Kier alpha value is -3.55. The summed E-state index contributed by atoms with van der Waals surface area (Å²) in [5.41, 5.74) is 1.71. The Morgan fingerprint density at radius 1 is 1.15 bits per heavy atom. The van der Waals surface area contributed by atoms with Crippen molar-refractivity contribution in [2.45, 2.75) is 39.2 Å². The Kier molecular flexibility index (Phi) is 7.81. The molecule has 1 amide bonds. The zero-order valence-corrected chi connectivity index (χ0v) is 19.8. The number of hydrogen-bond donors (Lipinski definition) is 0. The van der Waals surface area contributed by atoms with Crippen molar-refractivity contribution < 1.29 is 18.3 Å². The van der Waals surface area contributed by atoms with Crippen LogP contribution in [0.3, 0.4) is 0 Å². The van der Waals surface area contributed by atoms with Crippen LogP contribution in [0.25, 0.3) is 11.1 Å². The Labute approximate surface area is 197 Å². The molecule has 1 atom stereocenters. The third-order valence-corrected chi connectivity index (χ3v) is 5.76. The molecule has 180 valence electrons. The zero-order valence-electron chi connectivity index (χ0n) is 19.8. The first-order valence-electron chi connectivity index (χ1n) is 11.2. The highest BCUT2D eigenvalue weighted by molar-refractivity contribution is 6.01. The number of amides is 1. The molecule has 2 heterocycles. The van der Waals surface area contributed by atoms with Gasteiger partial charge in [-0.25, -0.2) is 13.8 Å². The zero-order chi connectivity index (χ0) is 24.9. The van der Waals surface area contributed by atoms with E-state index >= 15 is 0 Å². The smallest absolute Gasteiger partial charge is 0.274 e. The number of hydrogen-bond acceptors (Lipinski definition) is 4. The normalized spacial score (nSPS) is 12.3. The van der Waals surface area contributed by atoms with Gasteiger partial charge in [-0.2, -0.15) is 0 Å². The van der Waals surface area contributed by atoms with Crippen molar-refractivity contribution in [1.29, 1.82) is 0 Å². The van der Waals surface area contributed by atoms with E-state index in [4.69, 9.17) is 4.74 Å². The highest BCUT2D eigenvalue weighted by atomic mass is 19.3. The summed E-state index contributed by atoms with van der Waals surface area (Å²) in [6.45, 7) is 5.75. The lowest BCUT2D eigenvalue weighted by Crippen LogP contribution is -2.42. The number of pyridine rings is 2. The summed E-state index contributed by atoms with van der Waals surface area (Å²) in [4.78, 5) is 30.9. The van der Waals surface area contributed by atoms with Gasteiger partial charge < -0.3 is 14.2 Å². The van der Waals surface area contributed by atoms with E-state index in [1.54, 1.807) is 36.3 Å². The van der Waals surface area contributed by atoms with Gasteiger partial charge in [-0.3, -0.25) is 9.59 Å². The van der Waals surface area contributed by atoms with Gasteiger partial charge in [0.05, 0.1) is 6.04 Å². The van der Waals surface area contributed by atoms with Crippen LogP contribution in [0.2, 0.25) is 0 Å². The molecule has 0 aliphatic heterocycles. The highest BCUT2D eigenvalue weighted by Crippen LogP contribution is 2.31. The Morgan fingerprint density at radius 2 is 1.88 bits per heavy atom. The van der Waals surface area contributed by atoms with E-state index in [1.165, 1.54) is 29.7 Å². The molecule has 2 aromatic heterocycles. The first-order valence-corrected chi connectivity index (χ1v) is 11.2. The van der Waals surface area contributed by atoms with Crippen molar-refractivity contribution in [3.05, 3.63) is 82.4 Å². The molecule has 0 aliphatic carbocycles. The average Bonchev–Trinajstić information content (AvgIpc) is 2.85. The third kappa shape index (κ3) is 5.50. The SMILES string of the molecule is CCN(C(=O)c1ccccc1-c1ccc(=O)n(C)c1)[C@@H](C)COc1ccc(C(F)(F)CC)cn1. The van der Waals surface area contributed by atoms with Crippen molar-refractivity contribution in [2.24, 2.45) is 7.05 Å². The molecule has 0 bridgehead atoms. The summed E-state index contributed by atoms with van der Waals surface area (Å²) >= 11 is 0. The Bertz CT molecular complexity index is 1190. The van der Waals surface area contributed by atoms with Crippen LogP contribution in [0.4, 0.5) is 8.78 Å². The summed E-state index contributed by atoms with van der Waals surface area (Å²) < 4.78 is 34.7. The number of likely N-dealkylation sites (N-methyl/N-ethyl adjacent to an activating group) is 1. The number of alkyl halides is 2. The van der Waals surface area contributed by atoms with E-state index in [-0.39, 0.29) is 42.0 Å². The lowest BCUT2D eigenvalue weighted by atomic mass is 9.99. The molecule has 1 aromatic carbocycles. The molecule has 0 spiro atoms. The number of halogens is 2. The maximum absolute atomic E-state index is 13.8. The fourth-order valence-electron chi connectivity index (χ4n) is 3.67. The maximum atomic E-state index is 13.8. The van der Waals surface area contributed by atoms with Gasteiger partial charge in [0.2, 0.25) is 11.4 Å². The molecule has 0 fully saturated rings. The van der Waals surface area contributed by atoms with Crippen LogP contribution in [0, 0.1) is 0 Å². The third-order valence-electron chi connectivity index (χ3n) is 5.76. The summed E-state index contributed by atoms with van der Waals surface area (Å²) in [6, 6.07) is 12.8. The number of benzene rings is 1. The fraction of sp³-hybridized carbons (Fsp3) is 0.346. The van der Waals surface area contributed by atoms with Crippen LogP contribution in [-0.4, -0.2) is 39.6 Å². The Morgan fingerprint density at radius 3 is 2.50 bits per heavy atom. The predicted molar refractivity (Wildman–Crippen MR) is 127 cm³/mol. The van der Waals surface area contributed by atoms with Crippen LogP contribution >= 0.6 is 0 Å². The number of ether oxygens (including phenoxy) is 1. The van der Waals surface area contributed by atoms with E-state index in [2.05, 4.69) is 4.98 Å². The van der Waals surface area contributed by atoms with Gasteiger partial charge in [-0.15, -0.1) is 0 Å². The van der Waals surface area contributed by atoms with Crippen LogP contribution in [0.1, 0.15) is 43.1 Å². The van der Waals surface area contributed by atoms with E-state index in [0.29, 0.717) is 12.1 Å². The molecule has 3 rings (SSSR count). The molecule has 3 aromatic rings. The molecular formula is C26H29F2N3O3. The minimum Gasteiger partial charge on any atom is -0.475 e. The molecule has 8 heteroatoms. The second-order valence-electron chi connectivity index (χ2n) is 8.11. The largest absolute Gasteiger partial charge is 0.475 e. The van der Waals surface area contributed by atoms with Crippen molar-refractivity contribution in [3.63, 3.8) is 0 Å². The van der Waals surface area contributed by atoms with Crippen LogP contribution in [0.15, 0.2) is 65.7 Å². The quantitative estimate of drug-likeness (QED) is 0.448. The number of nitrogens with zero attached hydrogens (tertiary/aromatic N) is 3. The molecule has 0 saturated heterocycles. The van der Waals surface area contributed by atoms with Gasteiger partial charge in [0.25, 0.3) is 11.8 Å². The minimum atomic E-state index is -2.93. The van der Waals surface area contributed by atoms with Crippen LogP contribution in [0.5, 0.6) is 5.88 Å². The first kappa shape index (κ1) is 25.1. The number of carbonyl (C=O) groups excluding carboxylic acids is 1. The molecule has 34 heavy (non-hydrogen) atoms. The summed E-state index contributed by atoms with van der Waals surface area (Å²) in [7, 11) is 1.66. The van der Waals surface area contributed by atoms with E-state index in [1.807, 2.05) is 26.0 Å². The van der Waals surface area contributed by atoms with Gasteiger partial charge in [0, 0.05) is 55.7 Å². The fourth-order valence-corrected chi connectivity index (χ4v) is 3.67. The lowest BCUT2D eigenvalue weighted by Gasteiger charge is -2.29. The summed E-state index contributed by atoms with van der Waals surface area (Å²) in [5.74, 6) is -2.88. The topological polar surface area (TPSA) is 64.4 Å². The lowest BCUT2D eigenvalue weighted by molar-refractivity contribution is -0.00872. The van der Waals surface area contributed by atoms with E-state index in [0.717, 1.165) is 17.3 Å². The van der Waals surface area contributed by atoms with Gasteiger partial charge >= 0.3 is 0 Å². The Balaban J connectivity index is 1.76.